The lowest BCUT2D eigenvalue weighted by atomic mass is 10.2. The van der Waals surface area contributed by atoms with E-state index in [9.17, 15) is 9.90 Å². The molecule has 0 saturated heterocycles. The van der Waals surface area contributed by atoms with Crippen molar-refractivity contribution in [2.45, 2.75) is 6.92 Å². The zero-order chi connectivity index (χ0) is 12.6. The van der Waals surface area contributed by atoms with Crippen molar-refractivity contribution in [1.29, 1.82) is 0 Å². The SMILES string of the molecule is Cc1c(O)nc(-c2ccc(Br)c(Cl)c2)[nH]c1=O. The standard InChI is InChI=1S/C11H8BrClN2O2/c1-5-10(16)14-9(15-11(5)17)6-2-3-7(12)8(13)4-6/h2-4H,1H3,(H2,14,15,16,17). The molecule has 1 aromatic carbocycles. The van der Waals surface area contributed by atoms with Crippen LogP contribution in [0.1, 0.15) is 5.56 Å². The number of rotatable bonds is 1. The summed E-state index contributed by atoms with van der Waals surface area (Å²) in [7, 11) is 0. The van der Waals surface area contributed by atoms with E-state index in [0.29, 0.717) is 10.6 Å². The highest BCUT2D eigenvalue weighted by Gasteiger charge is 2.09. The molecule has 0 aliphatic carbocycles. The van der Waals surface area contributed by atoms with Gasteiger partial charge in [-0.2, -0.15) is 4.98 Å². The van der Waals surface area contributed by atoms with Crippen LogP contribution in [0, 0.1) is 6.92 Å². The predicted octanol–water partition coefficient (Wildman–Crippen LogP) is 2.87. The van der Waals surface area contributed by atoms with E-state index in [4.69, 9.17) is 11.6 Å². The Balaban J connectivity index is 2.61. The van der Waals surface area contributed by atoms with Gasteiger partial charge < -0.3 is 10.1 Å². The number of nitrogens with zero attached hydrogens (tertiary/aromatic N) is 1. The van der Waals surface area contributed by atoms with Crippen LogP contribution in [-0.2, 0) is 0 Å². The van der Waals surface area contributed by atoms with Crippen LogP contribution in [0.3, 0.4) is 0 Å². The van der Waals surface area contributed by atoms with Crippen molar-refractivity contribution in [2.24, 2.45) is 0 Å². The maximum absolute atomic E-state index is 11.5. The summed E-state index contributed by atoms with van der Waals surface area (Å²) in [6.07, 6.45) is 0. The highest BCUT2D eigenvalue weighted by molar-refractivity contribution is 9.10. The second-order valence-electron chi connectivity index (χ2n) is 3.49. The van der Waals surface area contributed by atoms with Gasteiger partial charge in [-0.3, -0.25) is 4.79 Å². The summed E-state index contributed by atoms with van der Waals surface area (Å²) in [5, 5.41) is 10.00. The van der Waals surface area contributed by atoms with Crippen molar-refractivity contribution >= 4 is 27.5 Å². The third-order valence-corrected chi connectivity index (χ3v) is 3.55. The minimum absolute atomic E-state index is 0.192. The van der Waals surface area contributed by atoms with Crippen LogP contribution >= 0.6 is 27.5 Å². The van der Waals surface area contributed by atoms with Gasteiger partial charge in [0, 0.05) is 10.0 Å². The van der Waals surface area contributed by atoms with Crippen LogP contribution in [0.2, 0.25) is 5.02 Å². The average Bonchev–Trinajstić information content (AvgIpc) is 2.29. The lowest BCUT2D eigenvalue weighted by molar-refractivity contribution is 0.447. The van der Waals surface area contributed by atoms with E-state index in [1.807, 2.05) is 0 Å². The van der Waals surface area contributed by atoms with Crippen LogP contribution < -0.4 is 5.56 Å². The van der Waals surface area contributed by atoms with Crippen LogP contribution in [0.4, 0.5) is 0 Å². The fourth-order valence-corrected chi connectivity index (χ4v) is 1.73. The van der Waals surface area contributed by atoms with Gasteiger partial charge in [-0.25, -0.2) is 0 Å². The van der Waals surface area contributed by atoms with Crippen molar-refractivity contribution in [2.75, 3.05) is 0 Å². The molecule has 0 bridgehead atoms. The largest absolute Gasteiger partial charge is 0.493 e. The molecule has 0 aliphatic heterocycles. The van der Waals surface area contributed by atoms with Crippen LogP contribution in [0.5, 0.6) is 5.88 Å². The third-order valence-electron chi connectivity index (χ3n) is 2.32. The third kappa shape index (κ3) is 2.35. The zero-order valence-electron chi connectivity index (χ0n) is 8.79. The summed E-state index contributed by atoms with van der Waals surface area (Å²) in [5.74, 6) is 0.00953. The summed E-state index contributed by atoms with van der Waals surface area (Å²) in [5.41, 5.74) is 0.453. The lowest BCUT2D eigenvalue weighted by Crippen LogP contribution is -2.12. The molecular weight excluding hydrogens is 307 g/mol. The molecule has 0 saturated carbocycles. The maximum Gasteiger partial charge on any atom is 0.257 e. The number of hydrogen-bond donors (Lipinski definition) is 2. The van der Waals surface area contributed by atoms with Gasteiger partial charge in [0.1, 0.15) is 5.82 Å². The van der Waals surface area contributed by atoms with Crippen molar-refractivity contribution in [1.82, 2.24) is 9.97 Å². The summed E-state index contributed by atoms with van der Waals surface area (Å²) >= 11 is 9.21. The number of benzene rings is 1. The van der Waals surface area contributed by atoms with Gasteiger partial charge in [0.15, 0.2) is 0 Å². The van der Waals surface area contributed by atoms with E-state index in [-0.39, 0.29) is 22.8 Å². The number of aromatic amines is 1. The zero-order valence-corrected chi connectivity index (χ0v) is 11.1. The molecule has 0 fully saturated rings. The highest BCUT2D eigenvalue weighted by Crippen LogP contribution is 2.27. The minimum Gasteiger partial charge on any atom is -0.493 e. The Morgan fingerprint density at radius 3 is 2.76 bits per heavy atom. The van der Waals surface area contributed by atoms with E-state index < -0.39 is 0 Å². The number of aromatic nitrogens is 2. The molecule has 0 amide bonds. The molecule has 88 valence electrons. The number of aromatic hydroxyl groups is 1. The molecule has 1 heterocycles. The Labute approximate surface area is 110 Å². The molecule has 0 unspecified atom stereocenters. The Morgan fingerprint density at radius 1 is 1.47 bits per heavy atom. The highest BCUT2D eigenvalue weighted by atomic mass is 79.9. The maximum atomic E-state index is 11.5. The van der Waals surface area contributed by atoms with Crippen molar-refractivity contribution in [3.05, 3.63) is 43.6 Å². The summed E-state index contributed by atoms with van der Waals surface area (Å²) in [6, 6.07) is 5.14. The molecule has 2 rings (SSSR count). The summed E-state index contributed by atoms with van der Waals surface area (Å²) < 4.78 is 0.751. The number of H-pyrrole nitrogens is 1. The molecular formula is C11H8BrClN2O2. The van der Waals surface area contributed by atoms with Gasteiger partial charge in [0.2, 0.25) is 5.88 Å². The van der Waals surface area contributed by atoms with Gasteiger partial charge in [-0.15, -0.1) is 0 Å². The fourth-order valence-electron chi connectivity index (χ4n) is 1.30. The van der Waals surface area contributed by atoms with Crippen molar-refractivity contribution < 1.29 is 5.11 Å². The number of nitrogens with one attached hydrogen (secondary N) is 1. The summed E-state index contributed by atoms with van der Waals surface area (Å²) in [6.45, 7) is 1.50. The lowest BCUT2D eigenvalue weighted by Gasteiger charge is -2.04. The van der Waals surface area contributed by atoms with Crippen LogP contribution in [0.15, 0.2) is 27.5 Å². The quantitative estimate of drug-likeness (QED) is 0.850. The molecule has 2 aromatic rings. The van der Waals surface area contributed by atoms with Gasteiger partial charge in [-0.05, 0) is 35.0 Å². The Bertz CT molecular complexity index is 640. The molecule has 0 radical (unpaired) electrons. The van der Waals surface area contributed by atoms with Crippen LogP contribution in [0.25, 0.3) is 11.4 Å². The molecule has 0 atom stereocenters. The first-order valence-corrected chi connectivity index (χ1v) is 5.91. The first-order valence-electron chi connectivity index (χ1n) is 4.74. The average molecular weight is 316 g/mol. The summed E-state index contributed by atoms with van der Waals surface area (Å²) in [4.78, 5) is 18.0. The van der Waals surface area contributed by atoms with Crippen molar-refractivity contribution in [3.8, 4) is 17.3 Å². The van der Waals surface area contributed by atoms with Gasteiger partial charge in [-0.1, -0.05) is 17.7 Å². The first-order chi connectivity index (χ1) is 7.99. The van der Waals surface area contributed by atoms with E-state index in [1.54, 1.807) is 18.2 Å². The Morgan fingerprint density at radius 2 is 2.18 bits per heavy atom. The van der Waals surface area contributed by atoms with E-state index in [1.165, 1.54) is 6.92 Å². The van der Waals surface area contributed by atoms with E-state index >= 15 is 0 Å². The van der Waals surface area contributed by atoms with Gasteiger partial charge in [0.25, 0.3) is 5.56 Å². The molecule has 0 spiro atoms. The van der Waals surface area contributed by atoms with Crippen LogP contribution in [-0.4, -0.2) is 15.1 Å². The Kier molecular flexibility index (Phi) is 3.22. The molecule has 4 nitrogen and oxygen atoms in total. The second kappa shape index (κ2) is 4.50. The smallest absolute Gasteiger partial charge is 0.257 e. The predicted molar refractivity (Wildman–Crippen MR) is 69.4 cm³/mol. The topological polar surface area (TPSA) is 66.0 Å². The fraction of sp³-hybridized carbons (Fsp3) is 0.0909. The first kappa shape index (κ1) is 12.1. The molecule has 1 aromatic heterocycles. The molecule has 6 heteroatoms. The Hall–Kier alpha value is -1.33. The minimum atomic E-state index is -0.369. The van der Waals surface area contributed by atoms with E-state index in [0.717, 1.165) is 4.47 Å². The molecule has 17 heavy (non-hydrogen) atoms. The van der Waals surface area contributed by atoms with Crippen molar-refractivity contribution in [3.63, 3.8) is 0 Å². The normalized spacial score (nSPS) is 10.5. The second-order valence-corrected chi connectivity index (χ2v) is 4.75. The van der Waals surface area contributed by atoms with E-state index in [2.05, 4.69) is 25.9 Å². The monoisotopic (exact) mass is 314 g/mol. The molecule has 0 aliphatic rings. The van der Waals surface area contributed by atoms with Gasteiger partial charge in [0.05, 0.1) is 10.6 Å². The number of hydrogen-bond acceptors (Lipinski definition) is 3. The number of halogens is 2. The molecule has 2 N–H and O–H groups in total. The van der Waals surface area contributed by atoms with Gasteiger partial charge >= 0.3 is 0 Å².